The molecule has 1 unspecified atom stereocenters. The van der Waals surface area contributed by atoms with Gasteiger partial charge in [-0.05, 0) is 87.8 Å². The molecule has 0 saturated heterocycles. The Bertz CT molecular complexity index is 889. The van der Waals surface area contributed by atoms with Crippen LogP contribution in [0.1, 0.15) is 70.2 Å². The number of fused-ring (bicyclic) bond motifs is 1. The molecule has 1 aromatic heterocycles. The highest BCUT2D eigenvalue weighted by atomic mass is 32.1. The Kier molecular flexibility index (Phi) is 6.73. The molecule has 3 rings (SSSR count). The second kappa shape index (κ2) is 9.05. The molecule has 150 valence electrons. The van der Waals surface area contributed by atoms with Crippen molar-refractivity contribution < 1.29 is 9.53 Å². The zero-order valence-electron chi connectivity index (χ0n) is 17.0. The van der Waals surface area contributed by atoms with E-state index in [0.717, 1.165) is 29.8 Å². The molecule has 1 atom stereocenters. The minimum absolute atomic E-state index is 0.0694. The molecular formula is C22H28N2O2S2. The number of carbonyl (C=O) groups excluding carboxylic acids is 1. The minimum atomic E-state index is -0.255. The fraction of sp³-hybridized carbons (Fsp3) is 0.455. The number of nitrogens with one attached hydrogen (secondary N) is 2. The average Bonchev–Trinajstić information content (AvgIpc) is 3.01. The van der Waals surface area contributed by atoms with Gasteiger partial charge in [-0.25, -0.2) is 4.79 Å². The summed E-state index contributed by atoms with van der Waals surface area (Å²) in [6.45, 7) is 8.52. The van der Waals surface area contributed by atoms with E-state index in [1.54, 1.807) is 11.3 Å². The lowest BCUT2D eigenvalue weighted by molar-refractivity contribution is 0.0526. The Morgan fingerprint density at radius 1 is 1.25 bits per heavy atom. The molecule has 4 nitrogen and oxygen atoms in total. The third-order valence-corrected chi connectivity index (χ3v) is 6.68. The number of thiophene rings is 1. The summed E-state index contributed by atoms with van der Waals surface area (Å²) in [5.41, 5.74) is 5.54. The normalized spacial score (nSPS) is 14.1. The number of benzene rings is 1. The SMILES string of the molecule is CCOC(=O)c1c(NC(=S)NC(C)c2ccc(C)c(C)c2)sc2c1CCCC2. The molecule has 1 heterocycles. The number of aryl methyl sites for hydroxylation is 3. The van der Waals surface area contributed by atoms with Gasteiger partial charge in [0.05, 0.1) is 18.2 Å². The summed E-state index contributed by atoms with van der Waals surface area (Å²) in [6, 6.07) is 6.51. The zero-order chi connectivity index (χ0) is 20.3. The van der Waals surface area contributed by atoms with Crippen LogP contribution in [0.4, 0.5) is 5.00 Å². The van der Waals surface area contributed by atoms with Gasteiger partial charge < -0.3 is 15.4 Å². The van der Waals surface area contributed by atoms with Crippen molar-refractivity contribution in [2.75, 3.05) is 11.9 Å². The highest BCUT2D eigenvalue weighted by Gasteiger charge is 2.27. The molecule has 0 amide bonds. The fourth-order valence-electron chi connectivity index (χ4n) is 3.53. The van der Waals surface area contributed by atoms with E-state index in [0.29, 0.717) is 17.3 Å². The van der Waals surface area contributed by atoms with E-state index in [1.165, 1.54) is 28.0 Å². The van der Waals surface area contributed by atoms with Gasteiger partial charge in [0.15, 0.2) is 5.11 Å². The van der Waals surface area contributed by atoms with Crippen molar-refractivity contribution in [1.29, 1.82) is 0 Å². The number of hydrogen-bond acceptors (Lipinski definition) is 4. The molecule has 0 bridgehead atoms. The largest absolute Gasteiger partial charge is 0.462 e. The van der Waals surface area contributed by atoms with Crippen LogP contribution in [0.2, 0.25) is 0 Å². The number of carbonyl (C=O) groups is 1. The van der Waals surface area contributed by atoms with Crippen LogP contribution in [0.15, 0.2) is 18.2 Å². The van der Waals surface area contributed by atoms with Crippen LogP contribution in [0.5, 0.6) is 0 Å². The second-order valence-corrected chi connectivity index (χ2v) is 8.81. The molecule has 0 fully saturated rings. The topological polar surface area (TPSA) is 50.4 Å². The Hall–Kier alpha value is -1.92. The van der Waals surface area contributed by atoms with Gasteiger partial charge in [0, 0.05) is 4.88 Å². The molecule has 0 spiro atoms. The maximum absolute atomic E-state index is 12.6. The van der Waals surface area contributed by atoms with Gasteiger partial charge >= 0.3 is 5.97 Å². The van der Waals surface area contributed by atoms with Gasteiger partial charge in [-0.15, -0.1) is 11.3 Å². The Morgan fingerprint density at radius 2 is 2.00 bits per heavy atom. The molecule has 2 N–H and O–H groups in total. The highest BCUT2D eigenvalue weighted by molar-refractivity contribution is 7.80. The lowest BCUT2D eigenvalue weighted by Gasteiger charge is -2.18. The first-order valence-electron chi connectivity index (χ1n) is 9.87. The van der Waals surface area contributed by atoms with Crippen molar-refractivity contribution in [3.8, 4) is 0 Å². The summed E-state index contributed by atoms with van der Waals surface area (Å²) >= 11 is 7.19. The quantitative estimate of drug-likeness (QED) is 0.500. The second-order valence-electron chi connectivity index (χ2n) is 7.30. The summed E-state index contributed by atoms with van der Waals surface area (Å²) in [4.78, 5) is 13.9. The van der Waals surface area contributed by atoms with Crippen molar-refractivity contribution >= 4 is 39.6 Å². The molecule has 0 aliphatic heterocycles. The third-order valence-electron chi connectivity index (χ3n) is 5.26. The molecule has 0 saturated carbocycles. The molecule has 1 aliphatic rings. The highest BCUT2D eigenvalue weighted by Crippen LogP contribution is 2.38. The average molecular weight is 417 g/mol. The van der Waals surface area contributed by atoms with Gasteiger partial charge in [-0.2, -0.15) is 0 Å². The zero-order valence-corrected chi connectivity index (χ0v) is 18.6. The maximum Gasteiger partial charge on any atom is 0.341 e. The van der Waals surface area contributed by atoms with Crippen molar-refractivity contribution in [3.63, 3.8) is 0 Å². The predicted octanol–water partition coefficient (Wildman–Crippen LogP) is 5.47. The van der Waals surface area contributed by atoms with Crippen molar-refractivity contribution in [3.05, 3.63) is 50.9 Å². The van der Waals surface area contributed by atoms with Gasteiger partial charge in [0.1, 0.15) is 5.00 Å². The number of rotatable bonds is 5. The van der Waals surface area contributed by atoms with E-state index in [9.17, 15) is 4.79 Å². The summed E-state index contributed by atoms with van der Waals surface area (Å²) in [5.74, 6) is -0.255. The molecule has 28 heavy (non-hydrogen) atoms. The van der Waals surface area contributed by atoms with E-state index in [-0.39, 0.29) is 12.0 Å². The number of ether oxygens (including phenoxy) is 1. The van der Waals surface area contributed by atoms with Crippen LogP contribution in [0.25, 0.3) is 0 Å². The predicted molar refractivity (Wildman–Crippen MR) is 121 cm³/mol. The first-order valence-corrected chi connectivity index (χ1v) is 11.1. The smallest absolute Gasteiger partial charge is 0.341 e. The Labute approximate surface area is 176 Å². The van der Waals surface area contributed by atoms with Gasteiger partial charge in [0.25, 0.3) is 0 Å². The lowest BCUT2D eigenvalue weighted by atomic mass is 9.95. The van der Waals surface area contributed by atoms with Crippen LogP contribution in [-0.2, 0) is 17.6 Å². The van der Waals surface area contributed by atoms with E-state index >= 15 is 0 Å². The lowest BCUT2D eigenvalue weighted by Crippen LogP contribution is -2.31. The van der Waals surface area contributed by atoms with Crippen LogP contribution >= 0.6 is 23.6 Å². The maximum atomic E-state index is 12.6. The first kappa shape index (κ1) is 20.8. The first-order chi connectivity index (χ1) is 13.4. The minimum Gasteiger partial charge on any atom is -0.462 e. The molecule has 1 aromatic carbocycles. The summed E-state index contributed by atoms with van der Waals surface area (Å²) in [7, 11) is 0. The van der Waals surface area contributed by atoms with Gasteiger partial charge in [0.2, 0.25) is 0 Å². The van der Waals surface area contributed by atoms with Crippen LogP contribution < -0.4 is 10.6 Å². The fourth-order valence-corrected chi connectivity index (χ4v) is 5.15. The Morgan fingerprint density at radius 3 is 2.71 bits per heavy atom. The van der Waals surface area contributed by atoms with E-state index < -0.39 is 0 Å². The van der Waals surface area contributed by atoms with E-state index in [4.69, 9.17) is 17.0 Å². The summed E-state index contributed by atoms with van der Waals surface area (Å²) < 4.78 is 5.31. The molecule has 6 heteroatoms. The molecule has 2 aromatic rings. The van der Waals surface area contributed by atoms with Crippen molar-refractivity contribution in [1.82, 2.24) is 5.32 Å². The molecule has 1 aliphatic carbocycles. The standard InChI is InChI=1S/C22H28N2O2S2/c1-5-26-21(25)19-17-8-6-7-9-18(17)28-20(19)24-22(27)23-15(4)16-11-10-13(2)14(3)12-16/h10-12,15H,5-9H2,1-4H3,(H2,23,24,27). The molecular weight excluding hydrogens is 388 g/mol. The van der Waals surface area contributed by atoms with Gasteiger partial charge in [-0.3, -0.25) is 0 Å². The van der Waals surface area contributed by atoms with Crippen LogP contribution in [-0.4, -0.2) is 17.7 Å². The van der Waals surface area contributed by atoms with Crippen molar-refractivity contribution in [2.45, 2.75) is 59.4 Å². The third kappa shape index (κ3) is 4.55. The summed E-state index contributed by atoms with van der Waals surface area (Å²) in [6.07, 6.45) is 4.23. The van der Waals surface area contributed by atoms with E-state index in [1.807, 2.05) is 6.92 Å². The Balaban J connectivity index is 1.77. The summed E-state index contributed by atoms with van der Waals surface area (Å²) in [5, 5.41) is 7.94. The number of anilines is 1. The van der Waals surface area contributed by atoms with Gasteiger partial charge in [-0.1, -0.05) is 18.2 Å². The van der Waals surface area contributed by atoms with Crippen molar-refractivity contribution in [2.24, 2.45) is 0 Å². The number of thiocarbonyl (C=S) groups is 1. The number of hydrogen-bond donors (Lipinski definition) is 2. The van der Waals surface area contributed by atoms with E-state index in [2.05, 4.69) is 49.6 Å². The van der Waals surface area contributed by atoms with Crippen LogP contribution in [0, 0.1) is 13.8 Å². The molecule has 0 radical (unpaired) electrons. The van der Waals surface area contributed by atoms with Crippen LogP contribution in [0.3, 0.4) is 0 Å². The monoisotopic (exact) mass is 416 g/mol. The number of esters is 1.